The van der Waals surface area contributed by atoms with Gasteiger partial charge in [0.15, 0.2) is 0 Å². The van der Waals surface area contributed by atoms with Crippen LogP contribution < -0.4 is 0 Å². The van der Waals surface area contributed by atoms with Gasteiger partial charge in [-0.25, -0.2) is 0 Å². The van der Waals surface area contributed by atoms with Gasteiger partial charge in [-0.2, -0.15) is 0 Å². The Morgan fingerprint density at radius 3 is 2.62 bits per heavy atom. The monoisotopic (exact) mass is 324 g/mol. The Morgan fingerprint density at radius 2 is 1.92 bits per heavy atom. The summed E-state index contributed by atoms with van der Waals surface area (Å²) < 4.78 is 0. The second kappa shape index (κ2) is 5.63. The molecule has 132 valence electrons. The zero-order valence-corrected chi connectivity index (χ0v) is 16.2. The molecule has 24 heavy (non-hydrogen) atoms. The van der Waals surface area contributed by atoms with Gasteiger partial charge in [-0.05, 0) is 104 Å². The summed E-state index contributed by atoms with van der Waals surface area (Å²) in [6.45, 7) is 16.1. The molecular weight excluding hydrogens is 288 g/mol. The normalized spacial score (nSPS) is 50.7. The molecule has 0 amide bonds. The molecule has 0 nitrogen and oxygen atoms in total. The van der Waals surface area contributed by atoms with Crippen molar-refractivity contribution in [3.05, 3.63) is 30.0 Å². The van der Waals surface area contributed by atoms with Crippen molar-refractivity contribution in [3.8, 4) is 0 Å². The second-order valence-electron chi connectivity index (χ2n) is 9.91. The lowest BCUT2D eigenvalue weighted by Gasteiger charge is -2.61. The van der Waals surface area contributed by atoms with Gasteiger partial charge in [-0.1, -0.05) is 39.5 Å². The molecule has 0 saturated heterocycles. The molecule has 0 heterocycles. The van der Waals surface area contributed by atoms with Crippen molar-refractivity contribution in [3.63, 3.8) is 0 Å². The van der Waals surface area contributed by atoms with Gasteiger partial charge in [0.1, 0.15) is 0 Å². The Morgan fingerprint density at radius 1 is 1.12 bits per heavy atom. The molecule has 4 fully saturated rings. The van der Waals surface area contributed by atoms with Crippen molar-refractivity contribution in [1.82, 2.24) is 0 Å². The molecule has 0 spiro atoms. The largest absolute Gasteiger partial charge is 0.129 e. The Labute approximate surface area is 149 Å². The van der Waals surface area contributed by atoms with Gasteiger partial charge in [0.25, 0.3) is 0 Å². The maximum atomic E-state index is 4.33. The van der Waals surface area contributed by atoms with Gasteiger partial charge in [0.05, 0.1) is 0 Å². The fourth-order valence-corrected chi connectivity index (χ4v) is 7.96. The average molecular weight is 325 g/mol. The number of hydrogen-bond acceptors (Lipinski definition) is 0. The first-order chi connectivity index (χ1) is 11.5. The van der Waals surface area contributed by atoms with Crippen molar-refractivity contribution in [2.45, 2.75) is 78.6 Å². The number of allylic oxidation sites excluding steroid dienone is 2. The van der Waals surface area contributed by atoms with E-state index in [1.54, 1.807) is 5.57 Å². The van der Waals surface area contributed by atoms with E-state index in [2.05, 4.69) is 39.7 Å². The predicted octanol–water partition coefficient (Wildman–Crippen LogP) is 6.93. The minimum absolute atomic E-state index is 0.540. The zero-order valence-electron chi connectivity index (χ0n) is 16.2. The Kier molecular flexibility index (Phi) is 3.92. The molecule has 0 aromatic rings. The average Bonchev–Trinajstić information content (AvgIpc) is 2.92. The van der Waals surface area contributed by atoms with Crippen molar-refractivity contribution in [2.24, 2.45) is 40.4 Å². The van der Waals surface area contributed by atoms with E-state index in [1.165, 1.54) is 63.4 Å². The van der Waals surface area contributed by atoms with Crippen LogP contribution in [0.25, 0.3) is 0 Å². The quantitative estimate of drug-likeness (QED) is 0.362. The topological polar surface area (TPSA) is 0 Å². The second-order valence-corrected chi connectivity index (χ2v) is 9.91. The predicted molar refractivity (Wildman–Crippen MR) is 103 cm³/mol. The summed E-state index contributed by atoms with van der Waals surface area (Å²) in [5.41, 5.74) is 7.73. The van der Waals surface area contributed by atoms with Gasteiger partial charge < -0.3 is 0 Å². The molecule has 0 aromatic carbocycles. The van der Waals surface area contributed by atoms with E-state index < -0.39 is 0 Å². The Balaban J connectivity index is 1.76. The van der Waals surface area contributed by atoms with E-state index >= 15 is 0 Å². The first kappa shape index (κ1) is 16.7. The first-order valence-electron chi connectivity index (χ1n) is 10.5. The number of hydrogen-bond donors (Lipinski definition) is 0. The van der Waals surface area contributed by atoms with E-state index in [4.69, 9.17) is 0 Å². The van der Waals surface area contributed by atoms with Crippen LogP contribution in [0, 0.1) is 40.4 Å². The maximum absolute atomic E-state index is 4.33. The van der Waals surface area contributed by atoms with Crippen LogP contribution in [-0.2, 0) is 0 Å². The number of fused-ring (bicyclic) bond motifs is 5. The standard InChI is InChI=1S/C24H36/c1-6-18-15-19-14-16(3)10-12-23(19,5)20-11-13-24(7-2)17(4)8-9-21(24)22(18)20/h17,19-22H,1,3,7-15H2,2,4-5H3. The van der Waals surface area contributed by atoms with E-state index in [1.807, 2.05) is 0 Å². The van der Waals surface area contributed by atoms with Gasteiger partial charge in [0, 0.05) is 0 Å². The number of rotatable bonds is 1. The Bertz CT molecular complexity index is 591. The summed E-state index contributed by atoms with van der Waals surface area (Å²) >= 11 is 0. The molecule has 7 unspecified atom stereocenters. The molecule has 0 bridgehead atoms. The third-order valence-electron chi connectivity index (χ3n) is 9.50. The zero-order chi connectivity index (χ0) is 17.1. The summed E-state index contributed by atoms with van der Waals surface area (Å²) in [7, 11) is 0. The lowest BCUT2D eigenvalue weighted by Crippen LogP contribution is -2.54. The Hall–Kier alpha value is -0.740. The molecule has 0 heteroatoms. The molecule has 0 aliphatic heterocycles. The molecule has 4 saturated carbocycles. The molecule has 4 rings (SSSR count). The lowest BCUT2D eigenvalue weighted by molar-refractivity contribution is -0.0846. The molecule has 7 atom stereocenters. The third kappa shape index (κ3) is 2.05. The van der Waals surface area contributed by atoms with Gasteiger partial charge in [0.2, 0.25) is 0 Å². The highest BCUT2D eigenvalue weighted by molar-refractivity contribution is 5.24. The highest BCUT2D eigenvalue weighted by Gasteiger charge is 2.61. The summed E-state index contributed by atoms with van der Waals surface area (Å²) in [5.74, 6) is 4.29. The first-order valence-corrected chi connectivity index (χ1v) is 10.5. The highest BCUT2D eigenvalue weighted by Crippen LogP contribution is 2.69. The van der Waals surface area contributed by atoms with Crippen molar-refractivity contribution >= 4 is 0 Å². The van der Waals surface area contributed by atoms with Crippen LogP contribution >= 0.6 is 0 Å². The minimum atomic E-state index is 0.540. The van der Waals surface area contributed by atoms with Gasteiger partial charge in [-0.15, -0.1) is 5.73 Å². The molecule has 0 aromatic heterocycles. The smallest absolute Gasteiger partial charge is 0.00598 e. The van der Waals surface area contributed by atoms with Crippen LogP contribution in [0.1, 0.15) is 78.6 Å². The van der Waals surface area contributed by atoms with Crippen LogP contribution in [0.2, 0.25) is 0 Å². The van der Waals surface area contributed by atoms with Crippen LogP contribution in [0.4, 0.5) is 0 Å². The molecule has 4 aliphatic rings. The summed E-state index contributed by atoms with van der Waals surface area (Å²) in [6, 6.07) is 0. The van der Waals surface area contributed by atoms with Crippen LogP contribution in [0.5, 0.6) is 0 Å². The SMILES string of the molecule is C=C=C1CC2CC(=C)CCC2(C)C2CCC3(CC)C(C)CCC3C12. The fraction of sp³-hybridized carbons (Fsp3) is 0.792. The molecular formula is C24H36. The molecule has 4 aliphatic carbocycles. The molecule has 0 N–H and O–H groups in total. The van der Waals surface area contributed by atoms with Crippen LogP contribution in [0.3, 0.4) is 0 Å². The van der Waals surface area contributed by atoms with Crippen molar-refractivity contribution in [2.75, 3.05) is 0 Å². The molecule has 0 radical (unpaired) electrons. The van der Waals surface area contributed by atoms with Gasteiger partial charge >= 0.3 is 0 Å². The highest BCUT2D eigenvalue weighted by atomic mass is 14.6. The maximum Gasteiger partial charge on any atom is -0.00598 e. The van der Waals surface area contributed by atoms with Crippen LogP contribution in [0.15, 0.2) is 30.0 Å². The minimum Gasteiger partial charge on any atom is -0.129 e. The van der Waals surface area contributed by atoms with Crippen molar-refractivity contribution < 1.29 is 0 Å². The third-order valence-corrected chi connectivity index (χ3v) is 9.50. The lowest BCUT2D eigenvalue weighted by atomic mass is 9.43. The van der Waals surface area contributed by atoms with E-state index in [0.29, 0.717) is 10.8 Å². The van der Waals surface area contributed by atoms with E-state index in [9.17, 15) is 0 Å². The van der Waals surface area contributed by atoms with E-state index in [0.717, 1.165) is 29.6 Å². The van der Waals surface area contributed by atoms with Crippen molar-refractivity contribution in [1.29, 1.82) is 0 Å². The van der Waals surface area contributed by atoms with E-state index in [-0.39, 0.29) is 0 Å². The van der Waals surface area contributed by atoms with Crippen LogP contribution in [-0.4, -0.2) is 0 Å². The summed E-state index contributed by atoms with van der Waals surface area (Å²) in [4.78, 5) is 0. The summed E-state index contributed by atoms with van der Waals surface area (Å²) in [5, 5.41) is 0. The van der Waals surface area contributed by atoms with Gasteiger partial charge in [-0.3, -0.25) is 0 Å². The summed E-state index contributed by atoms with van der Waals surface area (Å²) in [6.07, 6.45) is 12.4. The fourth-order valence-electron chi connectivity index (χ4n) is 7.96.